The molecular weight excluding hydrogens is 428 g/mol. The van der Waals surface area contributed by atoms with Gasteiger partial charge in [-0.3, -0.25) is 9.48 Å². The van der Waals surface area contributed by atoms with Crippen LogP contribution in [0, 0.1) is 5.92 Å². The van der Waals surface area contributed by atoms with E-state index in [1.54, 1.807) is 33.9 Å². The van der Waals surface area contributed by atoms with Gasteiger partial charge in [-0.1, -0.05) is 18.2 Å². The van der Waals surface area contributed by atoms with Gasteiger partial charge >= 0.3 is 0 Å². The maximum Gasteiger partial charge on any atom is 0.250 e. The van der Waals surface area contributed by atoms with Crippen molar-refractivity contribution in [2.45, 2.75) is 19.4 Å². The molecule has 1 aromatic carbocycles. The fourth-order valence-corrected chi connectivity index (χ4v) is 4.20. The summed E-state index contributed by atoms with van der Waals surface area (Å²) in [5.74, 6) is 1.91. The Kier molecular flexibility index (Phi) is 6.49. The Balaban J connectivity index is 1.29. The Morgan fingerprint density at radius 3 is 2.59 bits per heavy atom. The van der Waals surface area contributed by atoms with E-state index in [1.165, 1.54) is 0 Å². The average molecular weight is 457 g/mol. The Bertz CT molecular complexity index is 1310. The quantitative estimate of drug-likeness (QED) is 0.460. The molecule has 8 heteroatoms. The number of aryl methyl sites for hydroxylation is 1. The van der Waals surface area contributed by atoms with Gasteiger partial charge in [0.05, 0.1) is 31.7 Å². The van der Waals surface area contributed by atoms with Crippen LogP contribution in [-0.2, 0) is 13.6 Å². The zero-order valence-electron chi connectivity index (χ0n) is 19.2. The Labute approximate surface area is 198 Å². The number of rotatable bonds is 7. The van der Waals surface area contributed by atoms with E-state index in [1.807, 2.05) is 49.8 Å². The van der Waals surface area contributed by atoms with E-state index in [2.05, 4.69) is 20.4 Å². The van der Waals surface area contributed by atoms with Gasteiger partial charge in [0.15, 0.2) is 11.6 Å². The normalized spacial score (nSPS) is 14.3. The van der Waals surface area contributed by atoms with Crippen LogP contribution in [-0.4, -0.2) is 44.0 Å². The molecule has 3 aromatic heterocycles. The summed E-state index contributed by atoms with van der Waals surface area (Å²) in [6.07, 6.45) is 11.3. The second-order valence-electron chi connectivity index (χ2n) is 8.73. The maximum atomic E-state index is 12.5. The van der Waals surface area contributed by atoms with E-state index >= 15 is 0 Å². The lowest BCUT2D eigenvalue weighted by molar-refractivity contribution is 0.214. The number of ether oxygens (including phenoxy) is 1. The van der Waals surface area contributed by atoms with Crippen molar-refractivity contribution in [1.29, 1.82) is 0 Å². The molecule has 0 radical (unpaired) electrons. The van der Waals surface area contributed by atoms with Gasteiger partial charge in [0.25, 0.3) is 5.56 Å². The van der Waals surface area contributed by atoms with E-state index in [-0.39, 0.29) is 5.56 Å². The number of nitrogens with one attached hydrogen (secondary N) is 1. The van der Waals surface area contributed by atoms with E-state index in [0.717, 1.165) is 48.2 Å². The minimum atomic E-state index is -0.0513. The number of hydrogen-bond acceptors (Lipinski definition) is 6. The van der Waals surface area contributed by atoms with Crippen molar-refractivity contribution in [3.8, 4) is 28.3 Å². The Morgan fingerprint density at radius 1 is 1.00 bits per heavy atom. The number of hydrogen-bond donors (Lipinski definition) is 1. The second kappa shape index (κ2) is 10.0. The molecule has 0 bridgehead atoms. The molecule has 0 aliphatic carbocycles. The zero-order valence-corrected chi connectivity index (χ0v) is 19.2. The SMILES string of the molecule is Cn1cc(-c2ccc(=O)n(Cc3cccc(-c4ncc(OCC5CCNCC5)cn4)c3)c2)cn1. The smallest absolute Gasteiger partial charge is 0.250 e. The van der Waals surface area contributed by atoms with Gasteiger partial charge < -0.3 is 14.6 Å². The van der Waals surface area contributed by atoms with E-state index in [9.17, 15) is 4.79 Å². The van der Waals surface area contributed by atoms with Gasteiger partial charge in [-0.2, -0.15) is 5.10 Å². The minimum absolute atomic E-state index is 0.0513. The van der Waals surface area contributed by atoms with Crippen LogP contribution in [0.4, 0.5) is 0 Å². The first-order valence-corrected chi connectivity index (χ1v) is 11.6. The molecular formula is C26H28N6O2. The van der Waals surface area contributed by atoms with Crippen LogP contribution in [0.3, 0.4) is 0 Å². The number of nitrogens with zero attached hydrogens (tertiary/aromatic N) is 5. The molecule has 174 valence electrons. The monoisotopic (exact) mass is 456 g/mol. The summed E-state index contributed by atoms with van der Waals surface area (Å²) in [7, 11) is 1.88. The van der Waals surface area contributed by atoms with Crippen molar-refractivity contribution < 1.29 is 4.74 Å². The molecule has 4 heterocycles. The van der Waals surface area contributed by atoms with E-state index < -0.39 is 0 Å². The highest BCUT2D eigenvalue weighted by atomic mass is 16.5. The summed E-state index contributed by atoms with van der Waals surface area (Å²) in [5, 5.41) is 7.59. The molecule has 1 aliphatic rings. The van der Waals surface area contributed by atoms with Crippen molar-refractivity contribution in [2.24, 2.45) is 13.0 Å². The molecule has 4 aromatic rings. The predicted octanol–water partition coefficient (Wildman–Crippen LogP) is 3.13. The van der Waals surface area contributed by atoms with E-state index in [0.29, 0.717) is 30.6 Å². The first-order valence-electron chi connectivity index (χ1n) is 11.6. The van der Waals surface area contributed by atoms with Gasteiger partial charge in [-0.25, -0.2) is 9.97 Å². The van der Waals surface area contributed by atoms with E-state index in [4.69, 9.17) is 4.74 Å². The highest BCUT2D eigenvalue weighted by Gasteiger charge is 2.14. The van der Waals surface area contributed by atoms with Crippen LogP contribution < -0.4 is 15.6 Å². The topological polar surface area (TPSA) is 86.9 Å². The fraction of sp³-hybridized carbons (Fsp3) is 0.308. The summed E-state index contributed by atoms with van der Waals surface area (Å²) >= 11 is 0. The molecule has 0 atom stereocenters. The zero-order chi connectivity index (χ0) is 23.3. The summed E-state index contributed by atoms with van der Waals surface area (Å²) in [4.78, 5) is 21.5. The lowest BCUT2D eigenvalue weighted by Crippen LogP contribution is -2.30. The van der Waals surface area contributed by atoms with Crippen molar-refractivity contribution in [1.82, 2.24) is 29.6 Å². The van der Waals surface area contributed by atoms with Gasteiger partial charge in [-0.05, 0) is 49.5 Å². The molecule has 0 amide bonds. The first-order chi connectivity index (χ1) is 16.6. The first kappa shape index (κ1) is 22.0. The highest BCUT2D eigenvalue weighted by molar-refractivity contribution is 5.60. The summed E-state index contributed by atoms with van der Waals surface area (Å²) in [5.41, 5.74) is 3.77. The molecule has 1 aliphatic heterocycles. The van der Waals surface area contributed by atoms with Crippen LogP contribution in [0.15, 0.2) is 72.2 Å². The fourth-order valence-electron chi connectivity index (χ4n) is 4.20. The summed E-state index contributed by atoms with van der Waals surface area (Å²) in [6.45, 7) is 3.27. The molecule has 34 heavy (non-hydrogen) atoms. The number of pyridine rings is 1. The Hall–Kier alpha value is -3.78. The minimum Gasteiger partial charge on any atom is -0.490 e. The molecule has 8 nitrogen and oxygen atoms in total. The van der Waals surface area contributed by atoms with Gasteiger partial charge in [-0.15, -0.1) is 0 Å². The van der Waals surface area contributed by atoms with Crippen molar-refractivity contribution in [2.75, 3.05) is 19.7 Å². The van der Waals surface area contributed by atoms with Gasteiger partial charge in [0.2, 0.25) is 0 Å². The highest BCUT2D eigenvalue weighted by Crippen LogP contribution is 2.21. The van der Waals surface area contributed by atoms with Crippen LogP contribution in [0.1, 0.15) is 18.4 Å². The second-order valence-corrected chi connectivity index (χ2v) is 8.73. The van der Waals surface area contributed by atoms with Gasteiger partial charge in [0.1, 0.15) is 0 Å². The molecule has 0 saturated carbocycles. The van der Waals surface area contributed by atoms with Crippen molar-refractivity contribution in [3.63, 3.8) is 0 Å². The Morgan fingerprint density at radius 2 is 1.82 bits per heavy atom. The summed E-state index contributed by atoms with van der Waals surface area (Å²) in [6, 6.07) is 11.4. The summed E-state index contributed by atoms with van der Waals surface area (Å²) < 4.78 is 9.36. The number of aromatic nitrogens is 5. The molecule has 1 N–H and O–H groups in total. The van der Waals surface area contributed by atoms with Crippen molar-refractivity contribution in [3.05, 3.63) is 83.3 Å². The number of benzene rings is 1. The average Bonchev–Trinajstić information content (AvgIpc) is 3.31. The lowest BCUT2D eigenvalue weighted by atomic mass is 9.99. The van der Waals surface area contributed by atoms with Crippen molar-refractivity contribution >= 4 is 0 Å². The third-order valence-corrected chi connectivity index (χ3v) is 6.13. The molecule has 1 saturated heterocycles. The number of piperidine rings is 1. The molecule has 0 spiro atoms. The van der Waals surface area contributed by atoms with Gasteiger partial charge in [0, 0.05) is 42.2 Å². The van der Waals surface area contributed by atoms with Crippen LogP contribution in [0.25, 0.3) is 22.5 Å². The molecule has 1 fully saturated rings. The van der Waals surface area contributed by atoms with Crippen LogP contribution >= 0.6 is 0 Å². The lowest BCUT2D eigenvalue weighted by Gasteiger charge is -2.22. The van der Waals surface area contributed by atoms with Crippen LogP contribution in [0.5, 0.6) is 5.75 Å². The molecule has 0 unspecified atom stereocenters. The molecule has 5 rings (SSSR count). The van der Waals surface area contributed by atoms with Crippen LogP contribution in [0.2, 0.25) is 0 Å². The standard InChI is InChI=1S/C26H28N6O2/c1-31-16-23(12-30-31)22-5-6-25(33)32(17-22)15-20-3-2-4-21(11-20)26-28-13-24(14-29-26)34-18-19-7-9-27-10-8-19/h2-6,11-14,16-17,19,27H,7-10,15,18H2,1H3. The largest absolute Gasteiger partial charge is 0.490 e. The predicted molar refractivity (Wildman–Crippen MR) is 131 cm³/mol. The third kappa shape index (κ3) is 5.23. The maximum absolute atomic E-state index is 12.5. The third-order valence-electron chi connectivity index (χ3n) is 6.13.